The summed E-state index contributed by atoms with van der Waals surface area (Å²) in [5, 5.41) is 0.685. The summed E-state index contributed by atoms with van der Waals surface area (Å²) in [6.45, 7) is 0. The van der Waals surface area contributed by atoms with Crippen LogP contribution in [-0.2, 0) is 0 Å². The maximum Gasteiger partial charge on any atom is 0.126 e. The van der Waals surface area contributed by atoms with Gasteiger partial charge in [-0.1, -0.05) is 35.9 Å². The number of ether oxygens (including phenoxy) is 1. The summed E-state index contributed by atoms with van der Waals surface area (Å²) in [6, 6.07) is 22.0. The Bertz CT molecular complexity index is 1020. The van der Waals surface area contributed by atoms with Crippen molar-refractivity contribution in [1.29, 1.82) is 0 Å². The van der Waals surface area contributed by atoms with Gasteiger partial charge in [-0.2, -0.15) is 0 Å². The summed E-state index contributed by atoms with van der Waals surface area (Å²) in [5.41, 5.74) is 5.11. The third kappa shape index (κ3) is 2.53. The molecular formula is C20H15ClN2O. The van der Waals surface area contributed by atoms with Crippen LogP contribution in [0.4, 0.5) is 0 Å². The van der Waals surface area contributed by atoms with E-state index >= 15 is 0 Å². The molecule has 3 aromatic carbocycles. The van der Waals surface area contributed by atoms with Crippen molar-refractivity contribution in [2.75, 3.05) is 7.11 Å². The van der Waals surface area contributed by atoms with Crippen molar-refractivity contribution in [3.05, 3.63) is 78.1 Å². The molecule has 4 aromatic rings. The lowest BCUT2D eigenvalue weighted by atomic mass is 10.0. The summed E-state index contributed by atoms with van der Waals surface area (Å²) in [6.07, 6.45) is 1.85. The topological polar surface area (TPSA) is 27.1 Å². The maximum absolute atomic E-state index is 6.17. The van der Waals surface area contributed by atoms with Crippen LogP contribution in [0.3, 0.4) is 0 Å². The van der Waals surface area contributed by atoms with Crippen LogP contribution in [0, 0.1) is 0 Å². The van der Waals surface area contributed by atoms with Gasteiger partial charge in [0.2, 0.25) is 0 Å². The molecule has 0 aliphatic carbocycles. The van der Waals surface area contributed by atoms with Crippen molar-refractivity contribution < 1.29 is 4.74 Å². The highest BCUT2D eigenvalue weighted by Crippen LogP contribution is 2.33. The van der Waals surface area contributed by atoms with Crippen LogP contribution < -0.4 is 4.74 Å². The zero-order chi connectivity index (χ0) is 16.5. The van der Waals surface area contributed by atoms with Gasteiger partial charge in [0.25, 0.3) is 0 Å². The molecule has 0 radical (unpaired) electrons. The molecule has 0 fully saturated rings. The Morgan fingerprint density at radius 3 is 2.71 bits per heavy atom. The first-order chi connectivity index (χ1) is 11.8. The predicted octanol–water partition coefficient (Wildman–Crippen LogP) is 5.35. The van der Waals surface area contributed by atoms with Gasteiger partial charge in [-0.25, -0.2) is 4.98 Å². The lowest BCUT2D eigenvalue weighted by molar-refractivity contribution is 0.416. The highest BCUT2D eigenvalue weighted by molar-refractivity contribution is 6.31. The summed E-state index contributed by atoms with van der Waals surface area (Å²) in [7, 11) is 1.67. The second-order valence-corrected chi connectivity index (χ2v) is 5.93. The number of hydrogen-bond acceptors (Lipinski definition) is 2. The fourth-order valence-corrected chi connectivity index (χ4v) is 3.07. The first-order valence-corrected chi connectivity index (χ1v) is 8.00. The fourth-order valence-electron chi connectivity index (χ4n) is 2.89. The van der Waals surface area contributed by atoms with E-state index in [1.54, 1.807) is 7.11 Å². The number of methoxy groups -OCH3 is 1. The molecule has 0 N–H and O–H groups in total. The third-order valence-electron chi connectivity index (χ3n) is 4.05. The lowest BCUT2D eigenvalue weighted by Gasteiger charge is -2.11. The van der Waals surface area contributed by atoms with E-state index in [2.05, 4.69) is 33.8 Å². The minimum Gasteiger partial charge on any atom is -0.496 e. The summed E-state index contributed by atoms with van der Waals surface area (Å²) in [4.78, 5) is 4.46. The Morgan fingerprint density at radius 2 is 1.83 bits per heavy atom. The minimum atomic E-state index is 0.685. The quantitative estimate of drug-likeness (QED) is 0.504. The Kier molecular flexibility index (Phi) is 3.71. The number of benzene rings is 3. The van der Waals surface area contributed by atoms with Crippen LogP contribution in [0.1, 0.15) is 0 Å². The Morgan fingerprint density at radius 1 is 0.958 bits per heavy atom. The first-order valence-electron chi connectivity index (χ1n) is 7.63. The summed E-state index contributed by atoms with van der Waals surface area (Å²) >= 11 is 6.17. The minimum absolute atomic E-state index is 0.685. The molecule has 4 rings (SSSR count). The first kappa shape index (κ1) is 14.8. The Balaban J connectivity index is 1.87. The van der Waals surface area contributed by atoms with Gasteiger partial charge >= 0.3 is 0 Å². The molecule has 118 valence electrons. The molecule has 0 amide bonds. The Labute approximate surface area is 145 Å². The van der Waals surface area contributed by atoms with E-state index in [0.29, 0.717) is 5.02 Å². The standard InChI is InChI=1S/C20H15ClN2O/c1-24-20-10-9-15(21)12-17(20)14-5-4-6-16(11-14)23-13-22-18-7-2-3-8-19(18)23/h2-13H,1H3. The van der Waals surface area contributed by atoms with E-state index in [1.807, 2.05) is 48.8 Å². The zero-order valence-electron chi connectivity index (χ0n) is 13.1. The summed E-state index contributed by atoms with van der Waals surface area (Å²) < 4.78 is 7.56. The van der Waals surface area contributed by atoms with Crippen LogP contribution in [-0.4, -0.2) is 16.7 Å². The van der Waals surface area contributed by atoms with Crippen LogP contribution in [0.15, 0.2) is 73.1 Å². The molecule has 0 atom stereocenters. The second-order valence-electron chi connectivity index (χ2n) is 5.50. The molecule has 24 heavy (non-hydrogen) atoms. The predicted molar refractivity (Wildman–Crippen MR) is 98.1 cm³/mol. The molecule has 3 nitrogen and oxygen atoms in total. The van der Waals surface area contributed by atoms with Crippen molar-refractivity contribution in [1.82, 2.24) is 9.55 Å². The van der Waals surface area contributed by atoms with Gasteiger partial charge in [-0.05, 0) is 48.0 Å². The van der Waals surface area contributed by atoms with E-state index in [9.17, 15) is 0 Å². The number of aromatic nitrogens is 2. The van der Waals surface area contributed by atoms with E-state index in [1.165, 1.54) is 0 Å². The third-order valence-corrected chi connectivity index (χ3v) is 4.29. The van der Waals surface area contributed by atoms with Gasteiger partial charge in [0.15, 0.2) is 0 Å². The van der Waals surface area contributed by atoms with E-state index in [0.717, 1.165) is 33.6 Å². The number of halogens is 1. The lowest BCUT2D eigenvalue weighted by Crippen LogP contribution is -1.93. The van der Waals surface area contributed by atoms with Crippen LogP contribution in [0.25, 0.3) is 27.8 Å². The molecule has 0 aliphatic rings. The average Bonchev–Trinajstić information content (AvgIpc) is 3.06. The molecule has 0 spiro atoms. The van der Waals surface area contributed by atoms with Crippen LogP contribution >= 0.6 is 11.6 Å². The number of rotatable bonds is 3. The van der Waals surface area contributed by atoms with Crippen molar-refractivity contribution in [3.63, 3.8) is 0 Å². The largest absolute Gasteiger partial charge is 0.496 e. The number of nitrogens with zero attached hydrogens (tertiary/aromatic N) is 2. The number of fused-ring (bicyclic) bond motifs is 1. The fraction of sp³-hybridized carbons (Fsp3) is 0.0500. The highest BCUT2D eigenvalue weighted by atomic mass is 35.5. The monoisotopic (exact) mass is 334 g/mol. The highest BCUT2D eigenvalue weighted by Gasteiger charge is 2.09. The molecular weight excluding hydrogens is 320 g/mol. The smallest absolute Gasteiger partial charge is 0.126 e. The van der Waals surface area contributed by atoms with E-state index in [4.69, 9.17) is 16.3 Å². The van der Waals surface area contributed by atoms with Gasteiger partial charge in [0.05, 0.1) is 18.1 Å². The van der Waals surface area contributed by atoms with E-state index in [-0.39, 0.29) is 0 Å². The van der Waals surface area contributed by atoms with Gasteiger partial charge in [-0.3, -0.25) is 4.57 Å². The van der Waals surface area contributed by atoms with Crippen LogP contribution in [0.2, 0.25) is 5.02 Å². The van der Waals surface area contributed by atoms with Gasteiger partial charge in [0, 0.05) is 16.3 Å². The molecule has 0 bridgehead atoms. The normalized spacial score (nSPS) is 10.9. The Hall–Kier alpha value is -2.78. The van der Waals surface area contributed by atoms with Crippen molar-refractivity contribution in [2.24, 2.45) is 0 Å². The molecule has 1 aromatic heterocycles. The van der Waals surface area contributed by atoms with E-state index < -0.39 is 0 Å². The number of hydrogen-bond donors (Lipinski definition) is 0. The molecule has 0 saturated heterocycles. The molecule has 0 aliphatic heterocycles. The van der Waals surface area contributed by atoms with Crippen molar-refractivity contribution >= 4 is 22.6 Å². The van der Waals surface area contributed by atoms with Gasteiger partial charge in [-0.15, -0.1) is 0 Å². The SMILES string of the molecule is COc1ccc(Cl)cc1-c1cccc(-n2cnc3ccccc32)c1. The van der Waals surface area contributed by atoms with Gasteiger partial charge < -0.3 is 4.74 Å². The molecule has 0 saturated carbocycles. The van der Waals surface area contributed by atoms with Crippen molar-refractivity contribution in [2.45, 2.75) is 0 Å². The van der Waals surface area contributed by atoms with Crippen LogP contribution in [0.5, 0.6) is 5.75 Å². The molecule has 1 heterocycles. The summed E-state index contributed by atoms with van der Waals surface area (Å²) in [5.74, 6) is 0.798. The zero-order valence-corrected chi connectivity index (χ0v) is 13.9. The van der Waals surface area contributed by atoms with Gasteiger partial charge in [0.1, 0.15) is 12.1 Å². The average molecular weight is 335 g/mol. The number of imidazole rings is 1. The molecule has 0 unspecified atom stereocenters. The van der Waals surface area contributed by atoms with Crippen molar-refractivity contribution in [3.8, 4) is 22.6 Å². The number of para-hydroxylation sites is 2. The second kappa shape index (κ2) is 6.02. The molecule has 4 heteroatoms. The maximum atomic E-state index is 6.17.